The molecule has 0 spiro atoms. The van der Waals surface area contributed by atoms with Gasteiger partial charge in [-0.05, 0) is 12.1 Å². The average molecular weight is 240 g/mol. The van der Waals surface area contributed by atoms with Crippen LogP contribution in [0.2, 0.25) is 5.02 Å². The lowest BCUT2D eigenvalue weighted by Gasteiger charge is -2.00. The van der Waals surface area contributed by atoms with Crippen LogP contribution in [0, 0.1) is 0 Å². The van der Waals surface area contributed by atoms with Crippen molar-refractivity contribution < 1.29 is 17.2 Å². The molecule has 6 heteroatoms. The number of amides is 1. The molecule has 72 valence electrons. The molecule has 0 saturated carbocycles. The van der Waals surface area contributed by atoms with Crippen molar-refractivity contribution in [3.05, 3.63) is 23.4 Å². The first-order valence-electron chi connectivity index (χ1n) is 3.20. The van der Waals surface area contributed by atoms with Gasteiger partial charge in [0, 0.05) is 6.20 Å². The van der Waals surface area contributed by atoms with Crippen molar-refractivity contribution in [2.24, 2.45) is 0 Å². The monoisotopic (exact) mass is 239 g/mol. The first-order valence-corrected chi connectivity index (χ1v) is 4.11. The maximum Gasteiger partial charge on any atom is 0.240 e. The third-order valence-corrected chi connectivity index (χ3v) is 1.58. The number of nitrogens with zero attached hydrogens (tertiary/aromatic N) is 1. The minimum Gasteiger partial charge on any atom is -1.00 e. The Hall–Kier alpha value is -0.510. The van der Waals surface area contributed by atoms with Gasteiger partial charge < -0.3 is 17.7 Å². The number of pyridine rings is 1. The molecule has 1 N–H and O–H groups in total. The molecule has 1 rings (SSSR count). The SMILES string of the molecule is O=C(CCl)Nc1ccc(Cl)cn1.[Cl-]. The quantitative estimate of drug-likeness (QED) is 0.668. The second-order valence-corrected chi connectivity index (χ2v) is 2.75. The van der Waals surface area contributed by atoms with Crippen LogP contribution < -0.4 is 17.7 Å². The zero-order chi connectivity index (χ0) is 8.97. The van der Waals surface area contributed by atoms with Crippen LogP contribution in [0.3, 0.4) is 0 Å². The highest BCUT2D eigenvalue weighted by Crippen LogP contribution is 2.09. The molecule has 0 bridgehead atoms. The van der Waals surface area contributed by atoms with E-state index in [-0.39, 0.29) is 24.2 Å². The van der Waals surface area contributed by atoms with Crippen LogP contribution >= 0.6 is 23.2 Å². The van der Waals surface area contributed by atoms with E-state index in [1.54, 1.807) is 12.1 Å². The van der Waals surface area contributed by atoms with Crippen LogP contribution in [-0.4, -0.2) is 16.8 Å². The molecule has 0 aromatic carbocycles. The van der Waals surface area contributed by atoms with E-state index >= 15 is 0 Å². The van der Waals surface area contributed by atoms with Gasteiger partial charge in [0.05, 0.1) is 5.02 Å². The second kappa shape index (κ2) is 6.02. The predicted molar refractivity (Wildman–Crippen MR) is 48.6 cm³/mol. The number of anilines is 1. The van der Waals surface area contributed by atoms with Crippen LogP contribution in [0.4, 0.5) is 5.82 Å². The van der Waals surface area contributed by atoms with E-state index in [0.29, 0.717) is 10.8 Å². The maximum atomic E-state index is 10.8. The van der Waals surface area contributed by atoms with E-state index in [1.807, 2.05) is 0 Å². The summed E-state index contributed by atoms with van der Waals surface area (Å²) in [5.41, 5.74) is 0. The Balaban J connectivity index is 0.00000144. The highest BCUT2D eigenvalue weighted by molar-refractivity contribution is 6.30. The van der Waals surface area contributed by atoms with Gasteiger partial charge in [-0.3, -0.25) is 4.79 Å². The Labute approximate surface area is 91.9 Å². The fraction of sp³-hybridized carbons (Fsp3) is 0.143. The lowest BCUT2D eigenvalue weighted by atomic mass is 10.4. The fourth-order valence-electron chi connectivity index (χ4n) is 0.626. The van der Waals surface area contributed by atoms with Crippen molar-refractivity contribution >= 4 is 34.9 Å². The first-order chi connectivity index (χ1) is 5.72. The Morgan fingerprint density at radius 3 is 2.69 bits per heavy atom. The minimum atomic E-state index is -0.286. The zero-order valence-electron chi connectivity index (χ0n) is 6.43. The lowest BCUT2D eigenvalue weighted by Crippen LogP contribution is -3.00. The number of aromatic nitrogens is 1. The van der Waals surface area contributed by atoms with Crippen LogP contribution in [0.1, 0.15) is 0 Å². The highest BCUT2D eigenvalue weighted by Gasteiger charge is 1.99. The van der Waals surface area contributed by atoms with Gasteiger partial charge in [-0.2, -0.15) is 0 Å². The van der Waals surface area contributed by atoms with Gasteiger partial charge in [0.15, 0.2) is 0 Å². The molecule has 1 amide bonds. The summed E-state index contributed by atoms with van der Waals surface area (Å²) in [4.78, 5) is 14.6. The van der Waals surface area contributed by atoms with E-state index in [9.17, 15) is 4.79 Å². The van der Waals surface area contributed by atoms with E-state index in [4.69, 9.17) is 23.2 Å². The summed E-state index contributed by atoms with van der Waals surface area (Å²) in [5.74, 6) is 0.0844. The third-order valence-electron chi connectivity index (χ3n) is 1.12. The van der Waals surface area contributed by atoms with E-state index in [0.717, 1.165) is 0 Å². The number of carbonyl (C=O) groups is 1. The predicted octanol–water partition coefficient (Wildman–Crippen LogP) is -1.08. The van der Waals surface area contributed by atoms with Crippen molar-refractivity contribution in [1.29, 1.82) is 0 Å². The number of alkyl halides is 1. The summed E-state index contributed by atoms with van der Waals surface area (Å²) < 4.78 is 0. The van der Waals surface area contributed by atoms with Gasteiger partial charge in [0.2, 0.25) is 5.91 Å². The smallest absolute Gasteiger partial charge is 0.240 e. The molecule has 0 fully saturated rings. The van der Waals surface area contributed by atoms with Crippen molar-refractivity contribution in [3.8, 4) is 0 Å². The molecule has 0 saturated heterocycles. The van der Waals surface area contributed by atoms with Crippen LogP contribution in [-0.2, 0) is 4.79 Å². The summed E-state index contributed by atoms with van der Waals surface area (Å²) in [6.07, 6.45) is 1.45. The van der Waals surface area contributed by atoms with Gasteiger partial charge in [-0.15, -0.1) is 11.6 Å². The number of nitrogens with one attached hydrogen (secondary N) is 1. The van der Waals surface area contributed by atoms with Gasteiger partial charge >= 0.3 is 0 Å². The van der Waals surface area contributed by atoms with Crippen molar-refractivity contribution in [2.45, 2.75) is 0 Å². The van der Waals surface area contributed by atoms with E-state index < -0.39 is 0 Å². The number of rotatable bonds is 2. The van der Waals surface area contributed by atoms with E-state index in [2.05, 4.69) is 10.3 Å². The van der Waals surface area contributed by atoms with Crippen LogP contribution in [0.25, 0.3) is 0 Å². The number of halogens is 3. The molecule has 1 aromatic rings. The van der Waals surface area contributed by atoms with Crippen LogP contribution in [0.5, 0.6) is 0 Å². The average Bonchev–Trinajstić information content (AvgIpc) is 2.09. The maximum absolute atomic E-state index is 10.8. The summed E-state index contributed by atoms with van der Waals surface area (Å²) in [7, 11) is 0. The molecule has 0 aliphatic rings. The Bertz CT molecular complexity index is 276. The molecule has 3 nitrogen and oxygen atoms in total. The van der Waals surface area contributed by atoms with Gasteiger partial charge in [0.1, 0.15) is 11.7 Å². The number of hydrogen-bond donors (Lipinski definition) is 1. The molecule has 1 heterocycles. The normalized spacial score (nSPS) is 8.77. The minimum absolute atomic E-state index is 0. The third kappa shape index (κ3) is 4.31. The lowest BCUT2D eigenvalue weighted by molar-refractivity contribution is -0.113. The zero-order valence-corrected chi connectivity index (χ0v) is 8.70. The van der Waals surface area contributed by atoms with Crippen molar-refractivity contribution in [3.63, 3.8) is 0 Å². The Morgan fingerprint density at radius 1 is 1.54 bits per heavy atom. The standard InChI is InChI=1S/C7H6Cl2N2O.ClH/c8-3-7(12)11-6-2-1-5(9)4-10-6;/h1-2,4H,3H2,(H,10,11,12);1H/p-1. The Kier molecular flexibility index (Phi) is 5.79. The largest absolute Gasteiger partial charge is 1.00 e. The molecule has 0 aliphatic heterocycles. The summed E-state index contributed by atoms with van der Waals surface area (Å²) in [5, 5.41) is 3.00. The molecule has 1 aromatic heterocycles. The summed E-state index contributed by atoms with van der Waals surface area (Å²) in [6.45, 7) is 0. The van der Waals surface area contributed by atoms with Crippen molar-refractivity contribution in [1.82, 2.24) is 4.98 Å². The number of carbonyl (C=O) groups excluding carboxylic acids is 1. The molecular weight excluding hydrogens is 234 g/mol. The Morgan fingerprint density at radius 2 is 2.23 bits per heavy atom. The first kappa shape index (κ1) is 12.5. The molecule has 0 aliphatic carbocycles. The second-order valence-electron chi connectivity index (χ2n) is 2.04. The highest BCUT2D eigenvalue weighted by atomic mass is 35.5. The number of hydrogen-bond acceptors (Lipinski definition) is 2. The fourth-order valence-corrected chi connectivity index (χ4v) is 0.805. The van der Waals surface area contributed by atoms with Crippen molar-refractivity contribution in [2.75, 3.05) is 11.2 Å². The molecule has 0 unspecified atom stereocenters. The summed E-state index contributed by atoms with van der Waals surface area (Å²) >= 11 is 10.8. The summed E-state index contributed by atoms with van der Waals surface area (Å²) in [6, 6.07) is 3.24. The topological polar surface area (TPSA) is 42.0 Å². The van der Waals surface area contributed by atoms with E-state index in [1.165, 1.54) is 6.20 Å². The molecule has 13 heavy (non-hydrogen) atoms. The van der Waals surface area contributed by atoms with Gasteiger partial charge in [-0.25, -0.2) is 4.98 Å². The van der Waals surface area contributed by atoms with Crippen LogP contribution in [0.15, 0.2) is 18.3 Å². The van der Waals surface area contributed by atoms with Gasteiger partial charge in [0.25, 0.3) is 0 Å². The molecule has 0 radical (unpaired) electrons. The molecular formula is C7H6Cl3N2O-. The van der Waals surface area contributed by atoms with Gasteiger partial charge in [-0.1, -0.05) is 11.6 Å². The molecule has 0 atom stereocenters.